The topological polar surface area (TPSA) is 53.2 Å². The van der Waals surface area contributed by atoms with Crippen molar-refractivity contribution < 1.29 is 4.79 Å². The molecule has 4 nitrogen and oxygen atoms in total. The van der Waals surface area contributed by atoms with E-state index in [4.69, 9.17) is 12.2 Å². The van der Waals surface area contributed by atoms with Gasteiger partial charge in [0.2, 0.25) is 5.91 Å². The number of rotatable bonds is 2. The molecule has 128 valence electrons. The third-order valence-electron chi connectivity index (χ3n) is 6.09. The number of aryl methyl sites for hydroxylation is 1. The smallest absolute Gasteiger partial charge is 0.244 e. The lowest BCUT2D eigenvalue weighted by Gasteiger charge is -2.55. The van der Waals surface area contributed by atoms with E-state index < -0.39 is 0 Å². The molecule has 4 aliphatic carbocycles. The van der Waals surface area contributed by atoms with Crippen LogP contribution in [0, 0.1) is 30.1 Å². The van der Waals surface area contributed by atoms with Crippen LogP contribution in [0.1, 0.15) is 44.1 Å². The number of nitrogens with one attached hydrogen (secondary N) is 3. The van der Waals surface area contributed by atoms with Crippen LogP contribution in [0.5, 0.6) is 0 Å². The van der Waals surface area contributed by atoms with Crippen molar-refractivity contribution in [2.75, 3.05) is 5.32 Å². The Kier molecular flexibility index (Phi) is 3.99. The van der Waals surface area contributed by atoms with E-state index in [2.05, 4.69) is 16.2 Å². The molecule has 4 saturated carbocycles. The fourth-order valence-corrected chi connectivity index (χ4v) is 5.69. The van der Waals surface area contributed by atoms with Gasteiger partial charge < -0.3 is 5.32 Å². The van der Waals surface area contributed by atoms with Crippen LogP contribution >= 0.6 is 12.2 Å². The summed E-state index contributed by atoms with van der Waals surface area (Å²) < 4.78 is 0. The molecule has 4 fully saturated rings. The summed E-state index contributed by atoms with van der Waals surface area (Å²) in [5, 5.41) is 3.55. The van der Waals surface area contributed by atoms with Gasteiger partial charge in [-0.3, -0.25) is 15.6 Å². The number of amides is 1. The molecule has 0 heterocycles. The lowest BCUT2D eigenvalue weighted by atomic mass is 9.49. The summed E-state index contributed by atoms with van der Waals surface area (Å²) in [6.45, 7) is 2.04. The number of carbonyl (C=O) groups excluding carboxylic acids is 1. The number of thiocarbonyl (C=S) groups is 1. The highest BCUT2D eigenvalue weighted by Gasteiger charge is 2.54. The van der Waals surface area contributed by atoms with Gasteiger partial charge in [-0.05, 0) is 93.1 Å². The van der Waals surface area contributed by atoms with Crippen LogP contribution in [0.2, 0.25) is 0 Å². The molecular formula is C19H25N3OS. The number of carbonyl (C=O) groups is 1. The fourth-order valence-electron chi connectivity index (χ4n) is 5.52. The zero-order chi connectivity index (χ0) is 16.7. The van der Waals surface area contributed by atoms with Gasteiger partial charge in [0, 0.05) is 5.69 Å². The molecule has 0 aliphatic heterocycles. The Labute approximate surface area is 148 Å². The van der Waals surface area contributed by atoms with Gasteiger partial charge in [-0.1, -0.05) is 12.1 Å². The first kappa shape index (κ1) is 15.9. The molecule has 24 heavy (non-hydrogen) atoms. The lowest BCUT2D eigenvalue weighted by Crippen LogP contribution is -2.57. The summed E-state index contributed by atoms with van der Waals surface area (Å²) in [4.78, 5) is 12.8. The molecule has 0 spiro atoms. The van der Waals surface area contributed by atoms with Gasteiger partial charge in [0.25, 0.3) is 0 Å². The second-order valence-corrected chi connectivity index (χ2v) is 8.51. The Hall–Kier alpha value is -1.62. The van der Waals surface area contributed by atoms with E-state index in [0.29, 0.717) is 5.11 Å². The molecule has 5 rings (SSSR count). The van der Waals surface area contributed by atoms with Gasteiger partial charge >= 0.3 is 0 Å². The molecule has 1 aromatic rings. The first-order valence-corrected chi connectivity index (χ1v) is 9.37. The number of hydrogen-bond donors (Lipinski definition) is 3. The maximum absolute atomic E-state index is 12.8. The van der Waals surface area contributed by atoms with Crippen molar-refractivity contribution in [3.63, 3.8) is 0 Å². The Morgan fingerprint density at radius 1 is 1.08 bits per heavy atom. The molecule has 0 atom stereocenters. The van der Waals surface area contributed by atoms with Gasteiger partial charge in [0.05, 0.1) is 5.41 Å². The fraction of sp³-hybridized carbons (Fsp3) is 0.579. The highest BCUT2D eigenvalue weighted by Crippen LogP contribution is 2.59. The monoisotopic (exact) mass is 343 g/mol. The Morgan fingerprint density at radius 3 is 2.29 bits per heavy atom. The second-order valence-electron chi connectivity index (χ2n) is 8.10. The average Bonchev–Trinajstić information content (AvgIpc) is 2.51. The number of hydrazine groups is 1. The number of hydrogen-bond acceptors (Lipinski definition) is 2. The number of anilines is 1. The molecule has 5 heteroatoms. The minimum absolute atomic E-state index is 0.134. The van der Waals surface area contributed by atoms with Crippen LogP contribution in [0.25, 0.3) is 0 Å². The van der Waals surface area contributed by atoms with Gasteiger partial charge in [-0.15, -0.1) is 0 Å². The van der Waals surface area contributed by atoms with E-state index in [1.54, 1.807) is 0 Å². The molecule has 1 amide bonds. The summed E-state index contributed by atoms with van der Waals surface area (Å²) in [5.74, 6) is 2.42. The Bertz CT molecular complexity index is 637. The lowest BCUT2D eigenvalue weighted by molar-refractivity contribution is -0.146. The predicted molar refractivity (Wildman–Crippen MR) is 99.3 cm³/mol. The molecule has 1 aromatic carbocycles. The van der Waals surface area contributed by atoms with Crippen LogP contribution in [0.3, 0.4) is 0 Å². The van der Waals surface area contributed by atoms with E-state index >= 15 is 0 Å². The van der Waals surface area contributed by atoms with Crippen LogP contribution in [0.4, 0.5) is 5.69 Å². The molecule has 4 bridgehead atoms. The highest BCUT2D eigenvalue weighted by atomic mass is 32.1. The molecule has 0 aromatic heterocycles. The predicted octanol–water partition coefficient (Wildman–Crippen LogP) is 3.53. The molecule has 4 aliphatic rings. The van der Waals surface area contributed by atoms with Crippen molar-refractivity contribution in [3.05, 3.63) is 29.8 Å². The third kappa shape index (κ3) is 3.02. The second kappa shape index (κ2) is 6.03. The average molecular weight is 343 g/mol. The molecular weight excluding hydrogens is 318 g/mol. The van der Waals surface area contributed by atoms with Crippen molar-refractivity contribution in [2.24, 2.45) is 23.2 Å². The van der Waals surface area contributed by atoms with Gasteiger partial charge in [0.15, 0.2) is 5.11 Å². The summed E-state index contributed by atoms with van der Waals surface area (Å²) in [5.41, 5.74) is 7.72. The summed E-state index contributed by atoms with van der Waals surface area (Å²) in [7, 11) is 0. The zero-order valence-electron chi connectivity index (χ0n) is 14.1. The van der Waals surface area contributed by atoms with Crippen LogP contribution in [0.15, 0.2) is 24.3 Å². The molecule has 0 radical (unpaired) electrons. The SMILES string of the molecule is Cc1cccc(NC(=S)NNC(=O)C23CC4CC(CC(C4)C2)C3)c1. The van der Waals surface area contributed by atoms with E-state index in [1.165, 1.54) is 24.8 Å². The maximum atomic E-state index is 12.8. The third-order valence-corrected chi connectivity index (χ3v) is 6.29. The minimum Gasteiger partial charge on any atom is -0.331 e. The Balaban J connectivity index is 1.34. The van der Waals surface area contributed by atoms with Crippen molar-refractivity contribution in [1.82, 2.24) is 10.9 Å². The Morgan fingerprint density at radius 2 is 1.71 bits per heavy atom. The normalized spacial score (nSPS) is 33.1. The van der Waals surface area contributed by atoms with E-state index in [9.17, 15) is 4.79 Å². The molecule has 0 saturated heterocycles. The summed E-state index contributed by atoms with van der Waals surface area (Å²) in [6.07, 6.45) is 7.20. The van der Waals surface area contributed by atoms with Crippen LogP contribution in [-0.2, 0) is 4.79 Å². The van der Waals surface area contributed by atoms with Crippen LogP contribution in [-0.4, -0.2) is 11.0 Å². The highest BCUT2D eigenvalue weighted by molar-refractivity contribution is 7.80. The maximum Gasteiger partial charge on any atom is 0.244 e. The molecule has 0 unspecified atom stereocenters. The van der Waals surface area contributed by atoms with Crippen LogP contribution < -0.4 is 16.2 Å². The number of benzene rings is 1. The van der Waals surface area contributed by atoms with Crippen molar-refractivity contribution >= 4 is 28.9 Å². The first-order chi connectivity index (χ1) is 11.5. The van der Waals surface area contributed by atoms with Gasteiger partial charge in [0.1, 0.15) is 0 Å². The standard InChI is InChI=1S/C19H25N3OS/c1-12-3-2-4-16(5-12)20-18(24)22-21-17(23)19-9-13-6-14(10-19)8-15(7-13)11-19/h2-5,13-15H,6-11H2,1H3,(H,21,23)(H2,20,22,24). The van der Waals surface area contributed by atoms with Crippen molar-refractivity contribution in [1.29, 1.82) is 0 Å². The van der Waals surface area contributed by atoms with E-state index in [1.807, 2.05) is 31.2 Å². The van der Waals surface area contributed by atoms with Gasteiger partial charge in [-0.2, -0.15) is 0 Å². The van der Waals surface area contributed by atoms with E-state index in [0.717, 1.165) is 42.7 Å². The first-order valence-electron chi connectivity index (χ1n) is 8.96. The van der Waals surface area contributed by atoms with E-state index in [-0.39, 0.29) is 11.3 Å². The quantitative estimate of drug-likeness (QED) is 0.568. The van der Waals surface area contributed by atoms with Crippen molar-refractivity contribution in [2.45, 2.75) is 45.4 Å². The summed E-state index contributed by atoms with van der Waals surface area (Å²) in [6, 6.07) is 8.00. The van der Waals surface area contributed by atoms with Gasteiger partial charge in [-0.25, -0.2) is 0 Å². The minimum atomic E-state index is -0.152. The van der Waals surface area contributed by atoms with Crippen molar-refractivity contribution in [3.8, 4) is 0 Å². The molecule has 3 N–H and O–H groups in total. The zero-order valence-corrected chi connectivity index (χ0v) is 14.9. The summed E-state index contributed by atoms with van der Waals surface area (Å²) >= 11 is 5.30. The largest absolute Gasteiger partial charge is 0.331 e.